The zero-order valence-electron chi connectivity index (χ0n) is 20.2. The number of hydrogen-bond donors (Lipinski definition) is 3. The van der Waals surface area contributed by atoms with Crippen LogP contribution in [0.4, 0.5) is 0 Å². The first kappa shape index (κ1) is 24.0. The zero-order chi connectivity index (χ0) is 23.1. The molecule has 0 radical (unpaired) electrons. The van der Waals surface area contributed by atoms with Gasteiger partial charge in [0.1, 0.15) is 0 Å². The van der Waals surface area contributed by atoms with Crippen LogP contribution in [0.3, 0.4) is 0 Å². The summed E-state index contributed by atoms with van der Waals surface area (Å²) in [5, 5.41) is 30.6. The van der Waals surface area contributed by atoms with Gasteiger partial charge in [-0.25, -0.2) is 0 Å². The molecule has 3 unspecified atom stereocenters. The molecule has 0 saturated heterocycles. The summed E-state index contributed by atoms with van der Waals surface area (Å²) in [7, 11) is 0. The van der Waals surface area contributed by atoms with Crippen molar-refractivity contribution in [1.29, 1.82) is 0 Å². The number of carboxylic acids is 1. The number of fused-ring (bicyclic) bond motifs is 5. The van der Waals surface area contributed by atoms with Gasteiger partial charge in [0, 0.05) is 0 Å². The Morgan fingerprint density at radius 3 is 2.50 bits per heavy atom. The van der Waals surface area contributed by atoms with E-state index in [2.05, 4.69) is 26.8 Å². The van der Waals surface area contributed by atoms with Crippen LogP contribution in [0.1, 0.15) is 85.0 Å². The van der Waals surface area contributed by atoms with Crippen LogP contribution < -0.4 is 0 Å². The maximum atomic E-state index is 11.6. The highest BCUT2D eigenvalue weighted by atomic mass is 16.4. The summed E-state index contributed by atoms with van der Waals surface area (Å²) in [6, 6.07) is 0. The van der Waals surface area contributed by atoms with Crippen molar-refractivity contribution in [2.75, 3.05) is 0 Å². The molecule has 0 aromatic carbocycles. The minimum Gasteiger partial charge on any atom is -0.481 e. The van der Waals surface area contributed by atoms with Crippen molar-refractivity contribution in [2.24, 2.45) is 46.3 Å². The second-order valence-electron chi connectivity index (χ2n) is 12.1. The van der Waals surface area contributed by atoms with Crippen molar-refractivity contribution >= 4 is 5.97 Å². The topological polar surface area (TPSA) is 77.8 Å². The fourth-order valence-corrected chi connectivity index (χ4v) is 8.94. The Morgan fingerprint density at radius 2 is 1.75 bits per heavy atom. The van der Waals surface area contributed by atoms with Gasteiger partial charge in [-0.05, 0) is 104 Å². The summed E-state index contributed by atoms with van der Waals surface area (Å²) in [5.41, 5.74) is 0.296. The van der Waals surface area contributed by atoms with Crippen LogP contribution in [0.2, 0.25) is 0 Å². The minimum absolute atomic E-state index is 0.00491. The van der Waals surface area contributed by atoms with E-state index >= 15 is 0 Å². The molecule has 4 saturated carbocycles. The fraction of sp³-hybridized carbons (Fsp3) is 0.821. The van der Waals surface area contributed by atoms with Gasteiger partial charge < -0.3 is 15.3 Å². The Hall–Kier alpha value is -1.13. The van der Waals surface area contributed by atoms with Crippen molar-refractivity contribution in [2.45, 2.75) is 97.2 Å². The molecular formula is C28H44O4. The molecule has 0 aromatic heterocycles. The summed E-state index contributed by atoms with van der Waals surface area (Å²) in [6.45, 7) is 7.21. The molecule has 0 aromatic rings. The van der Waals surface area contributed by atoms with E-state index in [1.165, 1.54) is 25.7 Å². The lowest BCUT2D eigenvalue weighted by Crippen LogP contribution is -2.58. The first-order valence-electron chi connectivity index (χ1n) is 13.1. The largest absolute Gasteiger partial charge is 0.481 e. The first-order valence-corrected chi connectivity index (χ1v) is 13.1. The molecule has 0 heterocycles. The fourth-order valence-electron chi connectivity index (χ4n) is 8.94. The van der Waals surface area contributed by atoms with E-state index in [0.717, 1.165) is 38.0 Å². The molecule has 0 bridgehead atoms. The third-order valence-corrected chi connectivity index (χ3v) is 10.7. The Bertz CT molecular complexity index is 744. The van der Waals surface area contributed by atoms with Crippen molar-refractivity contribution in [3.05, 3.63) is 24.3 Å². The number of carbonyl (C=O) groups is 1. The van der Waals surface area contributed by atoms with Crippen LogP contribution >= 0.6 is 0 Å². The Balaban J connectivity index is 1.45. The van der Waals surface area contributed by atoms with Gasteiger partial charge in [-0.15, -0.1) is 0 Å². The number of rotatable bonds is 6. The summed E-state index contributed by atoms with van der Waals surface area (Å²) in [6.07, 6.45) is 17.3. The van der Waals surface area contributed by atoms with Crippen LogP contribution in [-0.2, 0) is 4.79 Å². The SMILES string of the molecule is CC(CC=CC=CCC(=O)O)[C@H]1CC[C@H]2C3CC[C@@H]4C[C@H](O)CC[C@]4(C)C3C[C@H](O)[C@]12C. The average Bonchev–Trinajstić information content (AvgIpc) is 3.10. The molecule has 0 aliphatic heterocycles. The molecule has 4 fully saturated rings. The second kappa shape index (κ2) is 9.25. The highest BCUT2D eigenvalue weighted by Crippen LogP contribution is 2.68. The molecule has 4 rings (SSSR count). The van der Waals surface area contributed by atoms with E-state index < -0.39 is 5.97 Å². The van der Waals surface area contributed by atoms with Gasteiger partial charge >= 0.3 is 5.97 Å². The molecule has 4 nitrogen and oxygen atoms in total. The van der Waals surface area contributed by atoms with E-state index in [0.29, 0.717) is 35.0 Å². The van der Waals surface area contributed by atoms with Crippen LogP contribution in [0.15, 0.2) is 24.3 Å². The predicted molar refractivity (Wildman–Crippen MR) is 127 cm³/mol. The van der Waals surface area contributed by atoms with Crippen molar-refractivity contribution in [3.63, 3.8) is 0 Å². The lowest BCUT2D eigenvalue weighted by molar-refractivity contribution is -0.174. The smallest absolute Gasteiger partial charge is 0.307 e. The van der Waals surface area contributed by atoms with E-state index in [-0.39, 0.29) is 24.0 Å². The number of carboxylic acid groups (broad SMARTS) is 1. The molecule has 0 amide bonds. The molecular weight excluding hydrogens is 400 g/mol. The normalized spacial score (nSPS) is 47.2. The van der Waals surface area contributed by atoms with E-state index in [1.807, 2.05) is 12.2 Å². The highest BCUT2D eigenvalue weighted by molar-refractivity contribution is 5.68. The molecule has 10 atom stereocenters. The van der Waals surface area contributed by atoms with Crippen molar-refractivity contribution in [1.82, 2.24) is 0 Å². The van der Waals surface area contributed by atoms with Crippen LogP contribution in [0.5, 0.6) is 0 Å². The van der Waals surface area contributed by atoms with Crippen LogP contribution in [0, 0.1) is 46.3 Å². The van der Waals surface area contributed by atoms with Crippen molar-refractivity contribution < 1.29 is 20.1 Å². The number of aliphatic carboxylic acids is 1. The predicted octanol–water partition coefficient (Wildman–Crippen LogP) is 5.59. The lowest BCUT2D eigenvalue weighted by Gasteiger charge is -2.62. The number of aliphatic hydroxyl groups excluding tert-OH is 2. The summed E-state index contributed by atoms with van der Waals surface area (Å²) >= 11 is 0. The van der Waals surface area contributed by atoms with Gasteiger partial charge in [0.25, 0.3) is 0 Å². The lowest BCUT2D eigenvalue weighted by atomic mass is 9.43. The Labute approximate surface area is 194 Å². The van der Waals surface area contributed by atoms with Gasteiger partial charge in [-0.3, -0.25) is 4.79 Å². The molecule has 0 spiro atoms. The van der Waals surface area contributed by atoms with E-state index in [4.69, 9.17) is 5.11 Å². The molecule has 4 aliphatic rings. The maximum absolute atomic E-state index is 11.6. The Morgan fingerprint density at radius 1 is 1.00 bits per heavy atom. The third-order valence-electron chi connectivity index (χ3n) is 10.7. The summed E-state index contributed by atoms with van der Waals surface area (Å²) in [4.78, 5) is 10.6. The van der Waals surface area contributed by atoms with Gasteiger partial charge in [0.15, 0.2) is 0 Å². The Kier molecular flexibility index (Phi) is 6.94. The quantitative estimate of drug-likeness (QED) is 0.467. The highest BCUT2D eigenvalue weighted by Gasteiger charge is 2.63. The van der Waals surface area contributed by atoms with Gasteiger partial charge in [-0.2, -0.15) is 0 Å². The monoisotopic (exact) mass is 444 g/mol. The third kappa shape index (κ3) is 4.11. The number of hydrogen-bond acceptors (Lipinski definition) is 3. The zero-order valence-corrected chi connectivity index (χ0v) is 20.2. The standard InChI is InChI=1S/C28H44O4/c1-18(8-6-4-5-7-9-26(31)32)22-12-13-23-21-11-10-19-16-20(29)14-15-27(19,2)24(21)17-25(30)28(22,23)3/h4-7,18-25,29-30H,8-17H2,1-3H3,(H,31,32)/t18?,19-,20-,21?,22-,23+,24?,25+,27+,28-/m1/s1. The summed E-state index contributed by atoms with van der Waals surface area (Å²) in [5.74, 6) is 2.82. The number of allylic oxidation sites excluding steroid dienone is 3. The molecule has 4 heteroatoms. The molecule has 4 aliphatic carbocycles. The second-order valence-corrected chi connectivity index (χ2v) is 12.1. The van der Waals surface area contributed by atoms with Crippen LogP contribution in [0.25, 0.3) is 0 Å². The van der Waals surface area contributed by atoms with E-state index in [9.17, 15) is 15.0 Å². The van der Waals surface area contributed by atoms with Crippen LogP contribution in [-0.4, -0.2) is 33.5 Å². The average molecular weight is 445 g/mol. The van der Waals surface area contributed by atoms with Gasteiger partial charge in [0.2, 0.25) is 0 Å². The minimum atomic E-state index is -0.801. The molecule has 32 heavy (non-hydrogen) atoms. The van der Waals surface area contributed by atoms with E-state index in [1.54, 1.807) is 6.08 Å². The molecule has 180 valence electrons. The van der Waals surface area contributed by atoms with Gasteiger partial charge in [-0.1, -0.05) is 45.1 Å². The van der Waals surface area contributed by atoms with Crippen molar-refractivity contribution in [3.8, 4) is 0 Å². The summed E-state index contributed by atoms with van der Waals surface area (Å²) < 4.78 is 0. The van der Waals surface area contributed by atoms with Gasteiger partial charge in [0.05, 0.1) is 18.6 Å². The maximum Gasteiger partial charge on any atom is 0.307 e. The number of aliphatic hydroxyl groups is 2. The molecule has 3 N–H and O–H groups in total. The first-order chi connectivity index (χ1) is 15.2.